The van der Waals surface area contributed by atoms with Gasteiger partial charge in [0.25, 0.3) is 0 Å². The molecule has 0 aromatic carbocycles. The smallest absolute Gasteiger partial charge is 0.870 e. The molecule has 15 heteroatoms. The van der Waals surface area contributed by atoms with E-state index in [-0.39, 0.29) is 133 Å². The summed E-state index contributed by atoms with van der Waals surface area (Å²) in [6.45, 7) is 16.2. The molecule has 13 nitrogen and oxygen atoms in total. The minimum Gasteiger partial charge on any atom is -0.870 e. The maximum atomic E-state index is 10.7. The molecule has 252 valence electrons. The predicted molar refractivity (Wildman–Crippen MR) is 169 cm³/mol. The number of amides is 4. The van der Waals surface area contributed by atoms with Crippen molar-refractivity contribution in [2.24, 2.45) is 40.7 Å². The van der Waals surface area contributed by atoms with E-state index < -0.39 is 35.6 Å². The first-order chi connectivity index (χ1) is 15.5. The zero-order valence-electron chi connectivity index (χ0n) is 22.8. The molecule has 0 fully saturated rings. The summed E-state index contributed by atoms with van der Waals surface area (Å²) < 4.78 is 0. The van der Waals surface area contributed by atoms with Crippen molar-refractivity contribution in [3.8, 4) is 0 Å². The Hall–Kier alpha value is -2.00. The number of carbonyl (C=O) groups excluding carboxylic acids is 5. The normalized spacial score (nSPS) is 8.65. The molecule has 0 heterocycles. The third kappa shape index (κ3) is 100. The maximum absolute atomic E-state index is 10.7. The van der Waals surface area contributed by atoms with Gasteiger partial charge in [0, 0.05) is 23.9 Å². The quantitative estimate of drug-likeness (QED) is 0.119. The van der Waals surface area contributed by atoms with E-state index in [9.17, 15) is 33.9 Å². The van der Waals surface area contributed by atoms with E-state index in [4.69, 9.17) is 16.6 Å². The minimum absolute atomic E-state index is 0. The van der Waals surface area contributed by atoms with E-state index in [0.717, 1.165) is 24.6 Å². The molecule has 3 atom stereocenters. The Morgan fingerprint density at radius 3 is 1.00 bits per heavy atom. The molecule has 43 heavy (non-hydrogen) atoms. The van der Waals surface area contributed by atoms with Gasteiger partial charge in [0.1, 0.15) is 0 Å². The van der Waals surface area contributed by atoms with Crippen molar-refractivity contribution in [2.75, 3.05) is 0 Å². The van der Waals surface area contributed by atoms with Gasteiger partial charge in [0.2, 0.25) is 23.6 Å². The number of carboxylic acid groups (broad SMARTS) is 2. The summed E-state index contributed by atoms with van der Waals surface area (Å²) in [7, 11) is 0. The average molecular weight is 647 g/mol. The number of aliphatic carboxylic acids is 2. The van der Waals surface area contributed by atoms with Crippen LogP contribution in [0.5, 0.6) is 0 Å². The summed E-state index contributed by atoms with van der Waals surface area (Å²) in [6, 6.07) is 0. The van der Waals surface area contributed by atoms with E-state index in [2.05, 4.69) is 31.2 Å². The van der Waals surface area contributed by atoms with Gasteiger partial charge in [-0.1, -0.05) is 92.0 Å². The number of carboxylic acids is 2. The zero-order chi connectivity index (χ0) is 28.4. The fourth-order valence-corrected chi connectivity index (χ4v) is 1.21. The van der Waals surface area contributed by atoms with Gasteiger partial charge in [-0.2, -0.15) is 0 Å². The molecule has 0 aromatic heterocycles. The molecule has 0 rings (SSSR count). The second-order valence-electron chi connectivity index (χ2n) is 6.43. The fraction of sp³-hybridized carbons (Fsp3) is 0.571. The standard InChI is InChI=1S/C8H15NO3.C5H11NO.2C3H5NO.C3H4O2.6CH4.2Na.H2O/c1-3-6(7(9)10)4-5(2)8(11)12;1-3-4(2)5(6)7;3*1-2-3(4)5;;;;;;;;;/h5-6H,3-4H2,1-2H3,(H2,9,10)(H,11,12);4H,3H2,1-2H3,(H2,6,7);2*2H,1H2,(H2,4,5);2H,1H2,(H,4,5);6*1H4;;;1H2/q;;;;;;;;;;;2*+1;/p-2. The molecule has 3 unspecified atom stereocenters. The summed E-state index contributed by atoms with van der Waals surface area (Å²) in [5.41, 5.74) is 19.0. The monoisotopic (exact) mass is 646 g/mol. The van der Waals surface area contributed by atoms with E-state index in [0.29, 0.717) is 6.42 Å². The molecule has 0 aliphatic rings. The second-order valence-corrected chi connectivity index (χ2v) is 6.43. The number of carbonyl (C=O) groups is 6. The summed E-state index contributed by atoms with van der Waals surface area (Å²) in [5, 5.41) is 17.9. The van der Waals surface area contributed by atoms with Crippen molar-refractivity contribution in [1.82, 2.24) is 0 Å². The average Bonchev–Trinajstić information content (AvgIpc) is 2.77. The molecule has 0 aromatic rings. The molecule has 0 saturated heterocycles. The number of primary amides is 4. The molecule has 4 amide bonds. The maximum Gasteiger partial charge on any atom is 1.00 e. The van der Waals surface area contributed by atoms with E-state index in [1.165, 1.54) is 6.92 Å². The molecule has 0 radical (unpaired) electrons. The van der Waals surface area contributed by atoms with Gasteiger partial charge in [0.15, 0.2) is 0 Å². The molecule has 0 spiro atoms. The molecule has 0 aliphatic heterocycles. The number of rotatable bonds is 10. The Balaban J connectivity index is -0.0000000202. The van der Waals surface area contributed by atoms with Crippen molar-refractivity contribution >= 4 is 35.6 Å². The van der Waals surface area contributed by atoms with Crippen LogP contribution in [-0.4, -0.2) is 46.2 Å². The van der Waals surface area contributed by atoms with Gasteiger partial charge >= 0.3 is 65.1 Å². The van der Waals surface area contributed by atoms with Crippen molar-refractivity contribution < 1.29 is 104 Å². The fourth-order valence-electron chi connectivity index (χ4n) is 1.21. The van der Waals surface area contributed by atoms with Crippen LogP contribution in [0, 0.1) is 17.8 Å². The first kappa shape index (κ1) is 90.0. The summed E-state index contributed by atoms with van der Waals surface area (Å²) >= 11 is 0. The third-order valence-corrected chi connectivity index (χ3v) is 3.61. The molecule has 10 N–H and O–H groups in total. The van der Waals surface area contributed by atoms with Crippen LogP contribution in [0.4, 0.5) is 0 Å². The molecular weight excluding hydrogens is 582 g/mol. The van der Waals surface area contributed by atoms with Crippen LogP contribution >= 0.6 is 0 Å². The van der Waals surface area contributed by atoms with Crippen molar-refractivity contribution in [3.63, 3.8) is 0 Å². The summed E-state index contributed by atoms with van der Waals surface area (Å²) in [6.07, 6.45) is 4.64. The molecular formula is C28H64N4Na2O9. The third-order valence-electron chi connectivity index (χ3n) is 3.61. The van der Waals surface area contributed by atoms with Gasteiger partial charge in [-0.3, -0.25) is 19.2 Å². The first-order valence-corrected chi connectivity index (χ1v) is 9.97. The van der Waals surface area contributed by atoms with Crippen LogP contribution in [0.25, 0.3) is 0 Å². The minimum atomic E-state index is -1.13. The Kier molecular flexibility index (Phi) is 132. The number of hydrogen-bond acceptors (Lipinski definition) is 8. The Bertz CT molecular complexity index is 652. The van der Waals surface area contributed by atoms with Crippen LogP contribution in [0.2, 0.25) is 0 Å². The molecule has 0 bridgehead atoms. The van der Waals surface area contributed by atoms with Crippen molar-refractivity contribution in [2.45, 2.75) is 91.5 Å². The molecule has 0 saturated carbocycles. The summed E-state index contributed by atoms with van der Waals surface area (Å²) in [5.74, 6) is -4.64. The van der Waals surface area contributed by atoms with E-state index in [1.807, 2.05) is 13.8 Å². The van der Waals surface area contributed by atoms with Gasteiger partial charge in [-0.25, -0.2) is 4.79 Å². The summed E-state index contributed by atoms with van der Waals surface area (Å²) in [4.78, 5) is 59.4. The van der Waals surface area contributed by atoms with Gasteiger partial charge in [-0.05, 0) is 37.3 Å². The van der Waals surface area contributed by atoms with Crippen molar-refractivity contribution in [3.05, 3.63) is 38.0 Å². The zero-order valence-corrected chi connectivity index (χ0v) is 26.8. The SMILES string of the molecule is C.C.C.C.C.C.C=CC(=O)O.C=CC(N)=O.C=CC(N)=O.CCC(C)C(N)=O.CCC(CC(C)C(=O)[O-])C(N)=O.[Na+].[Na+].[OH-]. The van der Waals surface area contributed by atoms with Gasteiger partial charge in [-0.15, -0.1) is 0 Å². The van der Waals surface area contributed by atoms with E-state index >= 15 is 0 Å². The van der Waals surface area contributed by atoms with Crippen LogP contribution < -0.4 is 87.2 Å². The number of hydrogen-bond donors (Lipinski definition) is 5. The Morgan fingerprint density at radius 1 is 0.674 bits per heavy atom. The van der Waals surface area contributed by atoms with Crippen LogP contribution in [0.15, 0.2) is 38.0 Å². The first-order valence-electron chi connectivity index (χ1n) is 9.97. The molecule has 0 aliphatic carbocycles. The Morgan fingerprint density at radius 2 is 0.930 bits per heavy atom. The van der Waals surface area contributed by atoms with Crippen LogP contribution in [-0.2, 0) is 28.8 Å². The van der Waals surface area contributed by atoms with Gasteiger partial charge in [0.05, 0.1) is 0 Å². The second kappa shape index (κ2) is 63.3. The van der Waals surface area contributed by atoms with Crippen LogP contribution in [0.1, 0.15) is 91.5 Å². The largest absolute Gasteiger partial charge is 1.00 e. The van der Waals surface area contributed by atoms with Gasteiger partial charge < -0.3 is 43.4 Å². The van der Waals surface area contributed by atoms with E-state index in [1.54, 1.807) is 6.92 Å². The van der Waals surface area contributed by atoms with Crippen molar-refractivity contribution in [1.29, 1.82) is 0 Å². The number of nitrogens with two attached hydrogens (primary N) is 4. The topological polar surface area (TPSA) is 280 Å². The Labute approximate surface area is 307 Å². The van der Waals surface area contributed by atoms with Crippen LogP contribution in [0.3, 0.4) is 0 Å². The predicted octanol–water partition coefficient (Wildman–Crippen LogP) is -2.99.